The number of hydrogen-bond acceptors (Lipinski definition) is 11. The predicted octanol–water partition coefficient (Wildman–Crippen LogP) is 0.529. The van der Waals surface area contributed by atoms with Gasteiger partial charge in [-0.3, -0.25) is 19.4 Å². The van der Waals surface area contributed by atoms with Crippen molar-refractivity contribution in [1.29, 1.82) is 0 Å². The highest BCUT2D eigenvalue weighted by Gasteiger charge is 2.33. The van der Waals surface area contributed by atoms with Crippen LogP contribution in [0.4, 0.5) is 41.1 Å². The van der Waals surface area contributed by atoms with E-state index in [1.165, 1.54) is 28.9 Å². The summed E-state index contributed by atoms with van der Waals surface area (Å²) in [7, 11) is 0. The minimum Gasteiger partial charge on any atom is -0.443 e. The van der Waals surface area contributed by atoms with E-state index in [1.54, 1.807) is 34.1 Å². The van der Waals surface area contributed by atoms with Crippen LogP contribution in [-0.2, 0) is 19.1 Å². The molecule has 15 nitrogen and oxygen atoms in total. The lowest BCUT2D eigenvalue weighted by atomic mass is 10.2. The van der Waals surface area contributed by atoms with Crippen LogP contribution >= 0.6 is 0 Å². The monoisotopic (exact) mass is 688 g/mol. The van der Waals surface area contributed by atoms with Crippen LogP contribution in [0.1, 0.15) is 6.92 Å². The molecule has 4 aliphatic heterocycles. The molecule has 0 aliphatic carbocycles. The summed E-state index contributed by atoms with van der Waals surface area (Å²) in [6, 6.07) is 9.31. The van der Waals surface area contributed by atoms with E-state index in [1.807, 2.05) is 9.80 Å². The Balaban J connectivity index is 0.000000191. The second-order valence-corrected chi connectivity index (χ2v) is 12.0. The quantitative estimate of drug-likeness (QED) is 0.370. The van der Waals surface area contributed by atoms with Crippen LogP contribution in [0.2, 0.25) is 0 Å². The number of aliphatic hydroxyl groups excluding tert-OH is 1. The van der Waals surface area contributed by atoms with Crippen LogP contribution in [0, 0.1) is 11.6 Å². The molecule has 49 heavy (non-hydrogen) atoms. The van der Waals surface area contributed by atoms with E-state index in [0.717, 1.165) is 0 Å². The van der Waals surface area contributed by atoms with Gasteiger partial charge in [0.2, 0.25) is 11.8 Å². The van der Waals surface area contributed by atoms with Gasteiger partial charge in [0.1, 0.15) is 30.4 Å². The second kappa shape index (κ2) is 15.7. The molecular formula is C32H42F2N8O7. The van der Waals surface area contributed by atoms with Crippen LogP contribution in [0.15, 0.2) is 36.4 Å². The zero-order valence-electron chi connectivity index (χ0n) is 27.3. The Labute approximate surface area is 282 Å². The number of rotatable bonds is 7. The van der Waals surface area contributed by atoms with Crippen molar-refractivity contribution in [3.63, 3.8) is 0 Å². The average Bonchev–Trinajstić information content (AvgIpc) is 3.69. The number of ether oxygens (including phenoxy) is 2. The highest BCUT2D eigenvalue weighted by molar-refractivity contribution is 5.91. The van der Waals surface area contributed by atoms with Crippen molar-refractivity contribution in [1.82, 2.24) is 9.80 Å². The van der Waals surface area contributed by atoms with Gasteiger partial charge in [0, 0.05) is 72.4 Å². The lowest BCUT2D eigenvalue weighted by molar-refractivity contribution is -0.134. The number of amides is 4. The molecule has 4 amide bonds. The van der Waals surface area contributed by atoms with E-state index in [0.29, 0.717) is 88.2 Å². The Kier molecular flexibility index (Phi) is 11.4. The maximum absolute atomic E-state index is 14.6. The fourth-order valence-corrected chi connectivity index (χ4v) is 6.11. The molecule has 17 heteroatoms. The van der Waals surface area contributed by atoms with E-state index in [4.69, 9.17) is 26.0 Å². The molecule has 0 radical (unpaired) electrons. The first-order chi connectivity index (χ1) is 23.5. The lowest BCUT2D eigenvalue weighted by Crippen LogP contribution is -2.49. The number of anilines is 4. The van der Waals surface area contributed by atoms with Crippen LogP contribution in [-0.4, -0.2) is 136 Å². The van der Waals surface area contributed by atoms with Gasteiger partial charge in [-0.2, -0.15) is 0 Å². The fraction of sp³-hybridized carbons (Fsp3) is 0.500. The van der Waals surface area contributed by atoms with Gasteiger partial charge in [0.15, 0.2) is 0 Å². The van der Waals surface area contributed by atoms with E-state index in [9.17, 15) is 28.0 Å². The van der Waals surface area contributed by atoms with Crippen molar-refractivity contribution >= 4 is 46.8 Å². The third-order valence-corrected chi connectivity index (χ3v) is 8.93. The predicted molar refractivity (Wildman–Crippen MR) is 176 cm³/mol. The molecule has 2 aromatic rings. The summed E-state index contributed by atoms with van der Waals surface area (Å²) >= 11 is 0. The Morgan fingerprint density at radius 2 is 1.14 bits per heavy atom. The number of piperazine rings is 2. The Bertz CT molecular complexity index is 1530. The Morgan fingerprint density at radius 1 is 0.735 bits per heavy atom. The van der Waals surface area contributed by atoms with Gasteiger partial charge < -0.3 is 45.6 Å². The highest BCUT2D eigenvalue weighted by atomic mass is 19.1. The molecule has 0 bridgehead atoms. The lowest BCUT2D eigenvalue weighted by Gasteiger charge is -2.36. The molecule has 5 N–H and O–H groups in total. The number of aliphatic hydroxyl groups is 1. The number of carbonyl (C=O) groups excluding carboxylic acids is 4. The van der Waals surface area contributed by atoms with E-state index in [-0.39, 0.29) is 37.1 Å². The summed E-state index contributed by atoms with van der Waals surface area (Å²) in [6.45, 7) is 6.23. The standard InChI is InChI=1S/C16H21FN4O4.C16H21FN4O3/c17-13-7-11(21-9-12(8-18)25-16(21)24)1-2-14(13)19-3-5-20(6-4-19)15(23)10-22;1-11(22)19-4-6-20(7-5-19)15-3-2-12(8-14(15)17)21-10-13(9-18)24-16(21)23/h1-2,7,12,22H,3-6,8-10,18H2;2-3,8,13H,4-7,9-10,18H2,1H3/t12-;13-/m00/s1. The van der Waals surface area contributed by atoms with Crippen LogP contribution in [0.5, 0.6) is 0 Å². The number of nitrogens with zero attached hydrogens (tertiary/aromatic N) is 6. The topological polar surface area (TPSA) is 178 Å². The molecule has 4 heterocycles. The number of benzene rings is 2. The number of carbonyl (C=O) groups is 4. The van der Waals surface area contributed by atoms with Gasteiger partial charge in [-0.15, -0.1) is 0 Å². The largest absolute Gasteiger partial charge is 0.443 e. The van der Waals surface area contributed by atoms with E-state index in [2.05, 4.69) is 0 Å². The van der Waals surface area contributed by atoms with Gasteiger partial charge in [-0.25, -0.2) is 18.4 Å². The normalized spacial score (nSPS) is 21.0. The number of nitrogens with two attached hydrogens (primary N) is 2. The van der Waals surface area contributed by atoms with Gasteiger partial charge in [-0.05, 0) is 36.4 Å². The maximum atomic E-state index is 14.6. The molecule has 2 aromatic carbocycles. The zero-order valence-corrected chi connectivity index (χ0v) is 27.3. The van der Waals surface area contributed by atoms with Crippen LogP contribution in [0.3, 0.4) is 0 Å². The number of hydrogen-bond donors (Lipinski definition) is 3. The van der Waals surface area contributed by atoms with Gasteiger partial charge in [0.05, 0.1) is 35.8 Å². The second-order valence-electron chi connectivity index (χ2n) is 12.0. The molecule has 0 spiro atoms. The fourth-order valence-electron chi connectivity index (χ4n) is 6.11. The van der Waals surface area contributed by atoms with Crippen molar-refractivity contribution < 1.29 is 42.5 Å². The molecule has 4 fully saturated rings. The summed E-state index contributed by atoms with van der Waals surface area (Å²) in [5, 5.41) is 8.89. The third-order valence-electron chi connectivity index (χ3n) is 8.93. The van der Waals surface area contributed by atoms with E-state index >= 15 is 0 Å². The summed E-state index contributed by atoms with van der Waals surface area (Å²) in [5.74, 6) is -1.12. The molecular weight excluding hydrogens is 646 g/mol. The van der Waals surface area contributed by atoms with Crippen LogP contribution < -0.4 is 31.1 Å². The van der Waals surface area contributed by atoms with Crippen molar-refractivity contribution in [2.24, 2.45) is 11.5 Å². The summed E-state index contributed by atoms with van der Waals surface area (Å²) in [5.41, 5.74) is 12.8. The summed E-state index contributed by atoms with van der Waals surface area (Å²) in [4.78, 5) is 56.3. The van der Waals surface area contributed by atoms with Crippen molar-refractivity contribution in [3.05, 3.63) is 48.0 Å². The highest BCUT2D eigenvalue weighted by Crippen LogP contribution is 2.30. The average molecular weight is 689 g/mol. The van der Waals surface area contributed by atoms with E-state index < -0.39 is 30.4 Å². The molecule has 2 atom stereocenters. The SMILES string of the molecule is CC(=O)N1CCN(c2ccc(N3C[C@H](CN)OC3=O)cc2F)CC1.NC[C@H]1CN(c2ccc(N3CCN(C(=O)CO)CC3)c(F)c2)C(=O)O1. The minimum absolute atomic E-state index is 0.0347. The molecule has 266 valence electrons. The maximum Gasteiger partial charge on any atom is 0.414 e. The van der Waals surface area contributed by atoms with Gasteiger partial charge in [0.25, 0.3) is 0 Å². The summed E-state index contributed by atoms with van der Waals surface area (Å²) < 4.78 is 39.2. The van der Waals surface area contributed by atoms with Crippen molar-refractivity contribution in [2.75, 3.05) is 105 Å². The molecule has 0 aromatic heterocycles. The number of cyclic esters (lactones) is 2. The van der Waals surface area contributed by atoms with Crippen LogP contribution in [0.25, 0.3) is 0 Å². The minimum atomic E-state index is -0.529. The first kappa shape index (κ1) is 35.6. The molecule has 4 saturated heterocycles. The van der Waals surface area contributed by atoms with Crippen molar-refractivity contribution in [2.45, 2.75) is 19.1 Å². The molecule has 0 unspecified atom stereocenters. The first-order valence-corrected chi connectivity index (χ1v) is 16.1. The molecule has 4 aliphatic rings. The number of halogens is 2. The smallest absolute Gasteiger partial charge is 0.414 e. The Hall–Kier alpha value is -4.74. The molecule has 0 saturated carbocycles. The molecule has 6 rings (SSSR count). The first-order valence-electron chi connectivity index (χ1n) is 16.1. The third kappa shape index (κ3) is 8.12. The Morgan fingerprint density at radius 3 is 1.47 bits per heavy atom. The van der Waals surface area contributed by atoms with Crippen molar-refractivity contribution in [3.8, 4) is 0 Å². The summed E-state index contributed by atoms with van der Waals surface area (Å²) in [6.07, 6.45) is -1.78. The zero-order chi connectivity index (χ0) is 35.2. The van der Waals surface area contributed by atoms with Gasteiger partial charge in [-0.1, -0.05) is 0 Å². The van der Waals surface area contributed by atoms with Gasteiger partial charge >= 0.3 is 12.2 Å².